The molecule has 5 nitrogen and oxygen atoms in total. The van der Waals surface area contributed by atoms with Gasteiger partial charge in [-0.15, -0.1) is 0 Å². The van der Waals surface area contributed by atoms with Crippen molar-refractivity contribution in [2.45, 2.75) is 37.0 Å². The molecule has 2 fully saturated rings. The van der Waals surface area contributed by atoms with Crippen LogP contribution >= 0.6 is 0 Å². The molecule has 5 rings (SSSR count). The third-order valence-corrected chi connectivity index (χ3v) is 7.99. The fourth-order valence-electron chi connectivity index (χ4n) is 5.99. The average molecular weight is 450 g/mol. The minimum atomic E-state index is -0.330. The number of piperidine rings is 1. The molecule has 6 heteroatoms. The first-order valence-corrected chi connectivity index (χ1v) is 12.1. The molecule has 33 heavy (non-hydrogen) atoms. The summed E-state index contributed by atoms with van der Waals surface area (Å²) in [5.41, 5.74) is 3.26. The molecule has 1 atom stereocenters. The number of halogens is 1. The fourth-order valence-corrected chi connectivity index (χ4v) is 5.99. The van der Waals surface area contributed by atoms with E-state index >= 15 is 0 Å². The summed E-state index contributed by atoms with van der Waals surface area (Å²) in [5, 5.41) is 0. The summed E-state index contributed by atoms with van der Waals surface area (Å²) in [6.07, 6.45) is 3.34. The van der Waals surface area contributed by atoms with Gasteiger partial charge in [0.1, 0.15) is 5.82 Å². The van der Waals surface area contributed by atoms with Gasteiger partial charge in [-0.25, -0.2) is 4.39 Å². The number of carbonyl (C=O) groups is 2. The number of likely N-dealkylation sites (N-methyl/N-ethyl adjacent to an activating group) is 1. The number of fused-ring (bicyclic) bond motifs is 2. The molecule has 2 aromatic carbocycles. The highest BCUT2D eigenvalue weighted by Gasteiger charge is 2.46. The second kappa shape index (κ2) is 8.90. The SMILES string of the molecule is CN1CCN(C(=O)CC2CC3(CCN(C(=O)c4ccc(F)cc4)CC3)c3ccccc32)CC1. The van der Waals surface area contributed by atoms with Crippen LogP contribution in [0.3, 0.4) is 0 Å². The monoisotopic (exact) mass is 449 g/mol. The summed E-state index contributed by atoms with van der Waals surface area (Å²) >= 11 is 0. The summed E-state index contributed by atoms with van der Waals surface area (Å²) < 4.78 is 13.2. The Morgan fingerprint density at radius 1 is 0.909 bits per heavy atom. The molecule has 2 aliphatic heterocycles. The van der Waals surface area contributed by atoms with Crippen molar-refractivity contribution in [2.24, 2.45) is 0 Å². The number of amides is 2. The maximum atomic E-state index is 13.2. The predicted molar refractivity (Wildman–Crippen MR) is 126 cm³/mol. The van der Waals surface area contributed by atoms with Crippen molar-refractivity contribution in [2.75, 3.05) is 46.3 Å². The number of hydrogen-bond acceptors (Lipinski definition) is 3. The van der Waals surface area contributed by atoms with E-state index in [-0.39, 0.29) is 29.0 Å². The maximum absolute atomic E-state index is 13.2. The van der Waals surface area contributed by atoms with Gasteiger partial charge in [0.2, 0.25) is 5.91 Å². The molecule has 0 aromatic heterocycles. The van der Waals surface area contributed by atoms with Crippen molar-refractivity contribution in [3.63, 3.8) is 0 Å². The second-order valence-corrected chi connectivity index (χ2v) is 9.96. The molecule has 2 heterocycles. The maximum Gasteiger partial charge on any atom is 0.253 e. The fraction of sp³-hybridized carbons (Fsp3) is 0.481. The van der Waals surface area contributed by atoms with Gasteiger partial charge in [0.15, 0.2) is 0 Å². The Morgan fingerprint density at radius 3 is 2.27 bits per heavy atom. The van der Waals surface area contributed by atoms with Crippen LogP contribution in [0.1, 0.15) is 53.1 Å². The van der Waals surface area contributed by atoms with E-state index in [1.807, 2.05) is 9.80 Å². The molecule has 0 saturated carbocycles. The van der Waals surface area contributed by atoms with E-state index in [4.69, 9.17) is 0 Å². The lowest BCUT2D eigenvalue weighted by atomic mass is 9.73. The van der Waals surface area contributed by atoms with Crippen molar-refractivity contribution in [3.8, 4) is 0 Å². The zero-order valence-electron chi connectivity index (χ0n) is 19.3. The number of carbonyl (C=O) groups excluding carboxylic acids is 2. The molecule has 2 amide bonds. The van der Waals surface area contributed by atoms with Crippen LogP contribution in [0, 0.1) is 5.82 Å². The highest BCUT2D eigenvalue weighted by atomic mass is 19.1. The van der Waals surface area contributed by atoms with E-state index in [1.165, 1.54) is 23.3 Å². The number of rotatable bonds is 3. The molecule has 2 saturated heterocycles. The standard InChI is InChI=1S/C27H32FN3O2/c1-29-14-16-30(17-15-29)25(32)18-21-19-27(24-5-3-2-4-23(21)24)10-12-31(13-11-27)26(33)20-6-8-22(28)9-7-20/h2-9,21H,10-19H2,1H3. The van der Waals surface area contributed by atoms with Gasteiger partial charge in [-0.3, -0.25) is 9.59 Å². The van der Waals surface area contributed by atoms with Crippen LogP contribution in [-0.4, -0.2) is 72.8 Å². The van der Waals surface area contributed by atoms with Gasteiger partial charge in [0, 0.05) is 51.3 Å². The highest BCUT2D eigenvalue weighted by molar-refractivity contribution is 5.94. The van der Waals surface area contributed by atoms with Gasteiger partial charge in [0.25, 0.3) is 5.91 Å². The first-order valence-electron chi connectivity index (χ1n) is 12.1. The molecule has 1 unspecified atom stereocenters. The van der Waals surface area contributed by atoms with Crippen LogP contribution in [0.25, 0.3) is 0 Å². The van der Waals surface area contributed by atoms with Gasteiger partial charge in [-0.1, -0.05) is 24.3 Å². The topological polar surface area (TPSA) is 43.9 Å². The minimum Gasteiger partial charge on any atom is -0.340 e. The minimum absolute atomic E-state index is 0.0297. The summed E-state index contributed by atoms with van der Waals surface area (Å²) in [4.78, 5) is 32.2. The van der Waals surface area contributed by atoms with E-state index in [1.54, 1.807) is 12.1 Å². The quantitative estimate of drug-likeness (QED) is 0.719. The zero-order valence-corrected chi connectivity index (χ0v) is 19.3. The van der Waals surface area contributed by atoms with Gasteiger partial charge in [-0.2, -0.15) is 0 Å². The highest BCUT2D eigenvalue weighted by Crippen LogP contribution is 2.52. The molecule has 1 aliphatic carbocycles. The molecule has 174 valence electrons. The Balaban J connectivity index is 1.28. The first-order chi connectivity index (χ1) is 15.9. The van der Waals surface area contributed by atoms with Crippen molar-refractivity contribution < 1.29 is 14.0 Å². The normalized spacial score (nSPS) is 22.4. The molecular weight excluding hydrogens is 417 g/mol. The molecule has 0 radical (unpaired) electrons. The van der Waals surface area contributed by atoms with Crippen molar-refractivity contribution >= 4 is 11.8 Å². The Hall–Kier alpha value is -2.73. The Labute approximate surface area is 195 Å². The van der Waals surface area contributed by atoms with E-state index in [9.17, 15) is 14.0 Å². The molecule has 1 spiro atoms. The van der Waals surface area contributed by atoms with Crippen molar-refractivity contribution in [1.82, 2.24) is 14.7 Å². The van der Waals surface area contributed by atoms with Gasteiger partial charge >= 0.3 is 0 Å². The Kier molecular flexibility index (Phi) is 5.95. The van der Waals surface area contributed by atoms with Crippen LogP contribution < -0.4 is 0 Å². The average Bonchev–Trinajstić information content (AvgIpc) is 3.13. The van der Waals surface area contributed by atoms with Gasteiger partial charge in [-0.05, 0) is 73.0 Å². The summed E-state index contributed by atoms with van der Waals surface area (Å²) in [5.74, 6) is 0.151. The van der Waals surface area contributed by atoms with Crippen LogP contribution in [0.2, 0.25) is 0 Å². The van der Waals surface area contributed by atoms with E-state index in [0.29, 0.717) is 25.1 Å². The lowest BCUT2D eigenvalue weighted by molar-refractivity contribution is -0.133. The number of piperazine rings is 1. The Bertz CT molecular complexity index is 1020. The second-order valence-electron chi connectivity index (χ2n) is 9.96. The van der Waals surface area contributed by atoms with E-state index in [0.717, 1.165) is 45.4 Å². The van der Waals surface area contributed by atoms with Crippen LogP contribution in [0.15, 0.2) is 48.5 Å². The third-order valence-electron chi connectivity index (χ3n) is 7.99. The molecule has 3 aliphatic rings. The lowest BCUT2D eigenvalue weighted by Crippen LogP contribution is -2.47. The van der Waals surface area contributed by atoms with Crippen LogP contribution in [0.4, 0.5) is 4.39 Å². The van der Waals surface area contributed by atoms with Gasteiger partial charge < -0.3 is 14.7 Å². The number of likely N-dealkylation sites (tertiary alicyclic amines) is 1. The molecular formula is C27H32FN3O2. The summed E-state index contributed by atoms with van der Waals surface area (Å²) in [6, 6.07) is 14.4. The van der Waals surface area contributed by atoms with E-state index in [2.05, 4.69) is 36.2 Å². The molecule has 0 bridgehead atoms. The predicted octanol–water partition coefficient (Wildman–Crippen LogP) is 3.65. The number of nitrogens with zero attached hydrogens (tertiary/aromatic N) is 3. The Morgan fingerprint density at radius 2 is 1.58 bits per heavy atom. The van der Waals surface area contributed by atoms with Gasteiger partial charge in [0.05, 0.1) is 0 Å². The number of hydrogen-bond donors (Lipinski definition) is 0. The van der Waals surface area contributed by atoms with E-state index < -0.39 is 0 Å². The summed E-state index contributed by atoms with van der Waals surface area (Å²) in [6.45, 7) is 4.88. The molecule has 0 N–H and O–H groups in total. The summed E-state index contributed by atoms with van der Waals surface area (Å²) in [7, 11) is 2.10. The van der Waals surface area contributed by atoms with Crippen LogP contribution in [0.5, 0.6) is 0 Å². The zero-order chi connectivity index (χ0) is 23.0. The van der Waals surface area contributed by atoms with Crippen LogP contribution in [-0.2, 0) is 10.2 Å². The molecule has 2 aromatic rings. The third kappa shape index (κ3) is 4.29. The van der Waals surface area contributed by atoms with Crippen molar-refractivity contribution in [3.05, 3.63) is 71.0 Å². The largest absolute Gasteiger partial charge is 0.340 e. The smallest absolute Gasteiger partial charge is 0.253 e. The van der Waals surface area contributed by atoms with Crippen molar-refractivity contribution in [1.29, 1.82) is 0 Å². The first kappa shape index (κ1) is 22.1. The number of benzene rings is 2. The lowest BCUT2D eigenvalue weighted by Gasteiger charge is -2.40.